The first kappa shape index (κ1) is 11.3. The quantitative estimate of drug-likeness (QED) is 0.837. The van der Waals surface area contributed by atoms with E-state index in [2.05, 4.69) is 0 Å². The fraction of sp³-hybridized carbons (Fsp3) is 0.455. The summed E-state index contributed by atoms with van der Waals surface area (Å²) in [6, 6.07) is 1.94. The normalized spacial score (nSPS) is 10.4. The van der Waals surface area contributed by atoms with Crippen LogP contribution < -0.4 is 10.5 Å². The highest BCUT2D eigenvalue weighted by atomic mass is 35.5. The minimum absolute atomic E-state index is 0.606. The number of rotatable bonds is 3. The molecule has 0 radical (unpaired) electrons. The predicted octanol–water partition coefficient (Wildman–Crippen LogP) is 2.47. The van der Waals surface area contributed by atoms with E-state index in [1.807, 2.05) is 19.9 Å². The van der Waals surface area contributed by atoms with Gasteiger partial charge < -0.3 is 10.5 Å². The monoisotopic (exact) mass is 213 g/mol. The summed E-state index contributed by atoms with van der Waals surface area (Å²) in [5.41, 5.74) is 8.78. The molecule has 14 heavy (non-hydrogen) atoms. The van der Waals surface area contributed by atoms with Crippen LogP contribution in [0, 0.1) is 13.8 Å². The van der Waals surface area contributed by atoms with Crippen LogP contribution in [0.4, 0.5) is 0 Å². The van der Waals surface area contributed by atoms with Crippen molar-refractivity contribution >= 4 is 11.6 Å². The summed E-state index contributed by atoms with van der Waals surface area (Å²) in [4.78, 5) is 0. The first-order valence-corrected chi connectivity index (χ1v) is 5.02. The van der Waals surface area contributed by atoms with Gasteiger partial charge in [-0.05, 0) is 49.6 Å². The van der Waals surface area contributed by atoms with E-state index in [4.69, 9.17) is 22.1 Å². The molecule has 0 saturated heterocycles. The number of methoxy groups -OCH3 is 1. The second kappa shape index (κ2) is 4.67. The van der Waals surface area contributed by atoms with Crippen LogP contribution in [0.1, 0.15) is 16.7 Å². The van der Waals surface area contributed by atoms with Crippen molar-refractivity contribution in [3.63, 3.8) is 0 Å². The summed E-state index contributed by atoms with van der Waals surface area (Å²) in [7, 11) is 1.68. The third kappa shape index (κ3) is 2.02. The zero-order valence-corrected chi connectivity index (χ0v) is 9.61. The Morgan fingerprint density at radius 1 is 1.36 bits per heavy atom. The summed E-state index contributed by atoms with van der Waals surface area (Å²) in [5.74, 6) is 0.914. The zero-order valence-electron chi connectivity index (χ0n) is 8.86. The second-order valence-corrected chi connectivity index (χ2v) is 3.75. The van der Waals surface area contributed by atoms with Crippen molar-refractivity contribution in [2.75, 3.05) is 13.7 Å². The van der Waals surface area contributed by atoms with Gasteiger partial charge in [0.2, 0.25) is 0 Å². The van der Waals surface area contributed by atoms with Gasteiger partial charge in [0, 0.05) is 5.02 Å². The zero-order chi connectivity index (χ0) is 10.7. The Morgan fingerprint density at radius 2 is 2.00 bits per heavy atom. The molecule has 2 N–H and O–H groups in total. The minimum atomic E-state index is 0.606. The fourth-order valence-electron chi connectivity index (χ4n) is 1.54. The average Bonchev–Trinajstić information content (AvgIpc) is 2.16. The third-order valence-corrected chi connectivity index (χ3v) is 2.86. The molecule has 0 spiro atoms. The number of ether oxygens (including phenoxy) is 1. The molecule has 0 aromatic heterocycles. The molecule has 0 aliphatic rings. The van der Waals surface area contributed by atoms with Crippen molar-refractivity contribution in [1.82, 2.24) is 0 Å². The Balaban J connectivity index is 3.28. The van der Waals surface area contributed by atoms with E-state index in [0.29, 0.717) is 6.54 Å². The van der Waals surface area contributed by atoms with E-state index < -0.39 is 0 Å². The first-order valence-electron chi connectivity index (χ1n) is 4.64. The van der Waals surface area contributed by atoms with Crippen LogP contribution in [0.25, 0.3) is 0 Å². The number of benzene rings is 1. The molecular weight excluding hydrogens is 198 g/mol. The van der Waals surface area contributed by atoms with Crippen molar-refractivity contribution in [2.24, 2.45) is 5.73 Å². The molecule has 3 heteroatoms. The summed E-state index contributed by atoms with van der Waals surface area (Å²) in [6.45, 7) is 4.61. The van der Waals surface area contributed by atoms with Crippen molar-refractivity contribution in [3.8, 4) is 5.75 Å². The van der Waals surface area contributed by atoms with Crippen molar-refractivity contribution < 1.29 is 4.74 Å². The van der Waals surface area contributed by atoms with Crippen molar-refractivity contribution in [2.45, 2.75) is 20.3 Å². The van der Waals surface area contributed by atoms with E-state index in [1.54, 1.807) is 7.11 Å². The summed E-state index contributed by atoms with van der Waals surface area (Å²) < 4.78 is 5.35. The maximum atomic E-state index is 6.09. The third-order valence-electron chi connectivity index (χ3n) is 2.47. The Kier molecular flexibility index (Phi) is 3.78. The molecule has 0 heterocycles. The van der Waals surface area contributed by atoms with Crippen LogP contribution in [-0.2, 0) is 6.42 Å². The Labute approximate surface area is 90.0 Å². The lowest BCUT2D eigenvalue weighted by Crippen LogP contribution is -2.06. The molecule has 0 fully saturated rings. The molecule has 0 saturated carbocycles. The SMILES string of the molecule is COc1c(CCN)cc(Cl)c(C)c1C. The van der Waals surface area contributed by atoms with Gasteiger partial charge in [-0.25, -0.2) is 0 Å². The van der Waals surface area contributed by atoms with Crippen LogP contribution in [0.5, 0.6) is 5.75 Å². The maximum Gasteiger partial charge on any atom is 0.125 e. The fourth-order valence-corrected chi connectivity index (χ4v) is 1.82. The minimum Gasteiger partial charge on any atom is -0.496 e. The van der Waals surface area contributed by atoms with E-state index in [1.165, 1.54) is 0 Å². The molecule has 1 aromatic carbocycles. The van der Waals surface area contributed by atoms with Crippen LogP contribution in [-0.4, -0.2) is 13.7 Å². The molecule has 1 aromatic rings. The largest absolute Gasteiger partial charge is 0.496 e. The summed E-state index contributed by atoms with van der Waals surface area (Å²) in [5, 5.41) is 0.784. The smallest absolute Gasteiger partial charge is 0.125 e. The van der Waals surface area contributed by atoms with Crippen LogP contribution in [0.3, 0.4) is 0 Å². The van der Waals surface area contributed by atoms with Gasteiger partial charge in [-0.1, -0.05) is 11.6 Å². The van der Waals surface area contributed by atoms with E-state index in [-0.39, 0.29) is 0 Å². The predicted molar refractivity (Wildman–Crippen MR) is 60.2 cm³/mol. The van der Waals surface area contributed by atoms with Gasteiger partial charge in [-0.3, -0.25) is 0 Å². The average molecular weight is 214 g/mol. The number of hydrogen-bond acceptors (Lipinski definition) is 2. The molecule has 0 unspecified atom stereocenters. The standard InChI is InChI=1S/C11H16ClNO/c1-7-8(2)11(14-3)9(4-5-13)6-10(7)12/h6H,4-5,13H2,1-3H3. The van der Waals surface area contributed by atoms with Gasteiger partial charge in [0.05, 0.1) is 7.11 Å². The molecule has 0 aliphatic heterocycles. The molecule has 78 valence electrons. The van der Waals surface area contributed by atoms with Gasteiger partial charge in [-0.15, -0.1) is 0 Å². The van der Waals surface area contributed by atoms with E-state index in [9.17, 15) is 0 Å². The van der Waals surface area contributed by atoms with Gasteiger partial charge in [0.15, 0.2) is 0 Å². The van der Waals surface area contributed by atoms with E-state index >= 15 is 0 Å². The van der Waals surface area contributed by atoms with Crippen LogP contribution >= 0.6 is 11.6 Å². The number of nitrogens with two attached hydrogens (primary N) is 1. The Hall–Kier alpha value is -0.730. The highest BCUT2D eigenvalue weighted by Gasteiger charge is 2.11. The van der Waals surface area contributed by atoms with E-state index in [0.717, 1.165) is 33.9 Å². The topological polar surface area (TPSA) is 35.2 Å². The lowest BCUT2D eigenvalue weighted by molar-refractivity contribution is 0.406. The van der Waals surface area contributed by atoms with Crippen LogP contribution in [0.2, 0.25) is 5.02 Å². The Morgan fingerprint density at radius 3 is 2.50 bits per heavy atom. The molecular formula is C11H16ClNO. The maximum absolute atomic E-state index is 6.09. The van der Waals surface area contributed by atoms with Crippen molar-refractivity contribution in [3.05, 3.63) is 27.8 Å². The van der Waals surface area contributed by atoms with Crippen LogP contribution in [0.15, 0.2) is 6.07 Å². The molecule has 0 bridgehead atoms. The summed E-state index contributed by atoms with van der Waals surface area (Å²) in [6.07, 6.45) is 0.796. The summed E-state index contributed by atoms with van der Waals surface area (Å²) >= 11 is 6.09. The lowest BCUT2D eigenvalue weighted by Gasteiger charge is -2.14. The molecule has 2 nitrogen and oxygen atoms in total. The van der Waals surface area contributed by atoms with Gasteiger partial charge in [0.25, 0.3) is 0 Å². The Bertz CT molecular complexity index is 337. The van der Waals surface area contributed by atoms with Gasteiger partial charge in [-0.2, -0.15) is 0 Å². The van der Waals surface area contributed by atoms with Gasteiger partial charge >= 0.3 is 0 Å². The molecule has 1 rings (SSSR count). The van der Waals surface area contributed by atoms with Crippen molar-refractivity contribution in [1.29, 1.82) is 0 Å². The number of hydrogen-bond donors (Lipinski definition) is 1. The highest BCUT2D eigenvalue weighted by Crippen LogP contribution is 2.31. The second-order valence-electron chi connectivity index (χ2n) is 3.34. The molecule has 0 aliphatic carbocycles. The highest BCUT2D eigenvalue weighted by molar-refractivity contribution is 6.31. The molecule has 0 atom stereocenters. The van der Waals surface area contributed by atoms with Gasteiger partial charge in [0.1, 0.15) is 5.75 Å². The number of halogens is 1. The molecule has 0 amide bonds. The first-order chi connectivity index (χ1) is 6.61. The lowest BCUT2D eigenvalue weighted by atomic mass is 10.0.